The Morgan fingerprint density at radius 1 is 1.03 bits per heavy atom. The molecule has 8 heteroatoms. The van der Waals surface area contributed by atoms with Crippen LogP contribution in [0.25, 0.3) is 5.65 Å². The molecule has 0 aliphatic heterocycles. The van der Waals surface area contributed by atoms with Crippen molar-refractivity contribution in [2.24, 2.45) is 0 Å². The lowest BCUT2D eigenvalue weighted by atomic mass is 10.1. The molecule has 4 rings (SSSR count). The summed E-state index contributed by atoms with van der Waals surface area (Å²) in [6.45, 7) is 1.15. The van der Waals surface area contributed by atoms with E-state index >= 15 is 0 Å². The van der Waals surface area contributed by atoms with E-state index < -0.39 is 5.97 Å². The van der Waals surface area contributed by atoms with Crippen LogP contribution in [0, 0.1) is 0 Å². The minimum Gasteiger partial charge on any atom is -0.477 e. The molecule has 0 unspecified atom stereocenters. The molecule has 0 fully saturated rings. The van der Waals surface area contributed by atoms with Crippen LogP contribution in [-0.2, 0) is 13.1 Å². The summed E-state index contributed by atoms with van der Waals surface area (Å²) < 4.78 is 2.07. The van der Waals surface area contributed by atoms with Crippen molar-refractivity contribution in [3.05, 3.63) is 93.2 Å². The molecule has 0 aliphatic carbocycles. The van der Waals surface area contributed by atoms with E-state index in [0.717, 1.165) is 11.1 Å². The number of hydrogen-bond donors (Lipinski definition) is 1. The van der Waals surface area contributed by atoms with Crippen molar-refractivity contribution in [2.75, 3.05) is 4.90 Å². The van der Waals surface area contributed by atoms with E-state index in [1.54, 1.807) is 0 Å². The maximum Gasteiger partial charge on any atom is 0.341 e. The van der Waals surface area contributed by atoms with E-state index in [0.29, 0.717) is 23.4 Å². The number of benzene rings is 2. The predicted molar refractivity (Wildman–Crippen MR) is 115 cm³/mol. The van der Waals surface area contributed by atoms with Crippen molar-refractivity contribution >= 4 is 45.0 Å². The van der Waals surface area contributed by atoms with Gasteiger partial charge in [0, 0.05) is 13.1 Å². The first-order chi connectivity index (χ1) is 14.0. The standard InChI is InChI=1S/C21H16BrClN4O2/c22-17-18(23)25-19-16(21(28)29)11-24-27(19)20(17)26(12-14-7-3-1-4-8-14)13-15-9-5-2-6-10-15/h1-11H,12-13H2,(H,28,29). The molecule has 0 amide bonds. The highest BCUT2D eigenvalue weighted by Crippen LogP contribution is 2.35. The highest BCUT2D eigenvalue weighted by Gasteiger charge is 2.23. The van der Waals surface area contributed by atoms with Crippen LogP contribution in [0.5, 0.6) is 0 Å². The van der Waals surface area contributed by atoms with Gasteiger partial charge in [-0.15, -0.1) is 0 Å². The highest BCUT2D eigenvalue weighted by molar-refractivity contribution is 9.10. The largest absolute Gasteiger partial charge is 0.477 e. The van der Waals surface area contributed by atoms with Crippen LogP contribution in [0.2, 0.25) is 5.15 Å². The Kier molecular flexibility index (Phi) is 5.51. The first-order valence-electron chi connectivity index (χ1n) is 8.83. The lowest BCUT2D eigenvalue weighted by Gasteiger charge is -2.27. The van der Waals surface area contributed by atoms with E-state index in [9.17, 15) is 9.90 Å². The van der Waals surface area contributed by atoms with Gasteiger partial charge in [-0.3, -0.25) is 0 Å². The van der Waals surface area contributed by atoms with Crippen molar-refractivity contribution < 1.29 is 9.90 Å². The van der Waals surface area contributed by atoms with Crippen LogP contribution in [0.1, 0.15) is 21.5 Å². The fourth-order valence-electron chi connectivity index (χ4n) is 3.17. The zero-order valence-corrected chi connectivity index (χ0v) is 17.5. The average Bonchev–Trinajstić information content (AvgIpc) is 3.13. The summed E-state index contributed by atoms with van der Waals surface area (Å²) in [5, 5.41) is 13.9. The number of fused-ring (bicyclic) bond motifs is 1. The number of carboxylic acid groups (broad SMARTS) is 1. The van der Waals surface area contributed by atoms with Gasteiger partial charge >= 0.3 is 5.97 Å². The number of anilines is 1. The summed E-state index contributed by atoms with van der Waals surface area (Å²) in [6, 6.07) is 20.0. The number of hydrogen-bond acceptors (Lipinski definition) is 4. The van der Waals surface area contributed by atoms with Crippen molar-refractivity contribution in [1.82, 2.24) is 14.6 Å². The Morgan fingerprint density at radius 3 is 2.10 bits per heavy atom. The lowest BCUT2D eigenvalue weighted by Crippen LogP contribution is -2.25. The molecule has 4 aromatic rings. The van der Waals surface area contributed by atoms with Crippen LogP contribution in [-0.4, -0.2) is 25.7 Å². The van der Waals surface area contributed by atoms with Gasteiger partial charge in [0.15, 0.2) is 11.5 Å². The maximum absolute atomic E-state index is 11.6. The average molecular weight is 472 g/mol. The molecule has 2 heterocycles. The molecule has 2 aromatic carbocycles. The van der Waals surface area contributed by atoms with Gasteiger partial charge in [0.2, 0.25) is 0 Å². The first-order valence-corrected chi connectivity index (χ1v) is 10.0. The number of aromatic nitrogens is 3. The van der Waals surface area contributed by atoms with Crippen LogP contribution in [0.15, 0.2) is 71.3 Å². The summed E-state index contributed by atoms with van der Waals surface area (Å²) in [5.74, 6) is -0.463. The van der Waals surface area contributed by atoms with E-state index in [4.69, 9.17) is 11.6 Å². The second-order valence-corrected chi connectivity index (χ2v) is 7.62. The summed E-state index contributed by atoms with van der Waals surface area (Å²) in [5.41, 5.74) is 2.40. The molecule has 146 valence electrons. The number of halogens is 2. The molecule has 0 aliphatic rings. The Balaban J connectivity index is 1.88. The highest BCUT2D eigenvalue weighted by atomic mass is 79.9. The molecule has 0 spiro atoms. The Hall–Kier alpha value is -2.90. The molecule has 6 nitrogen and oxygen atoms in total. The molecule has 0 saturated heterocycles. The Bertz CT molecular complexity index is 1120. The number of carboxylic acids is 1. The number of nitrogens with zero attached hydrogens (tertiary/aromatic N) is 4. The van der Waals surface area contributed by atoms with Crippen LogP contribution in [0.3, 0.4) is 0 Å². The summed E-state index contributed by atoms with van der Waals surface area (Å²) >= 11 is 9.89. The van der Waals surface area contributed by atoms with Crippen molar-refractivity contribution in [2.45, 2.75) is 13.1 Å². The van der Waals surface area contributed by atoms with E-state index in [2.05, 4.69) is 30.9 Å². The third-order valence-corrected chi connectivity index (χ3v) is 5.72. The molecule has 0 radical (unpaired) electrons. The molecule has 0 atom stereocenters. The summed E-state index contributed by atoms with van der Waals surface area (Å²) in [6.07, 6.45) is 1.29. The van der Waals surface area contributed by atoms with Crippen LogP contribution < -0.4 is 4.90 Å². The smallest absolute Gasteiger partial charge is 0.341 e. The van der Waals surface area contributed by atoms with E-state index in [1.807, 2.05) is 60.7 Å². The van der Waals surface area contributed by atoms with Crippen molar-refractivity contribution in [3.8, 4) is 0 Å². The second-order valence-electron chi connectivity index (χ2n) is 6.47. The van der Waals surface area contributed by atoms with Gasteiger partial charge in [-0.1, -0.05) is 72.3 Å². The second kappa shape index (κ2) is 8.23. The molecule has 0 bridgehead atoms. The minimum atomic E-state index is -1.10. The minimum absolute atomic E-state index is 0.0000206. The van der Waals surface area contributed by atoms with Crippen LogP contribution >= 0.6 is 27.5 Å². The number of aromatic carboxylic acids is 1. The molecular formula is C21H16BrClN4O2. The van der Waals surface area contributed by atoms with Gasteiger partial charge in [-0.05, 0) is 27.1 Å². The van der Waals surface area contributed by atoms with Gasteiger partial charge in [0.05, 0.1) is 10.7 Å². The fourth-order valence-corrected chi connectivity index (χ4v) is 3.84. The van der Waals surface area contributed by atoms with Gasteiger partial charge < -0.3 is 10.0 Å². The molecular weight excluding hydrogens is 456 g/mol. The zero-order valence-electron chi connectivity index (χ0n) is 15.2. The van der Waals surface area contributed by atoms with Gasteiger partial charge in [0.1, 0.15) is 10.7 Å². The van der Waals surface area contributed by atoms with Crippen LogP contribution in [0.4, 0.5) is 5.82 Å². The number of rotatable bonds is 6. The van der Waals surface area contributed by atoms with Gasteiger partial charge in [-0.2, -0.15) is 9.61 Å². The molecule has 0 saturated carbocycles. The quantitative estimate of drug-likeness (QED) is 0.399. The number of carbonyl (C=O) groups is 1. The topological polar surface area (TPSA) is 70.7 Å². The Labute approximate surface area is 180 Å². The fraction of sp³-hybridized carbons (Fsp3) is 0.0952. The third-order valence-electron chi connectivity index (χ3n) is 4.49. The van der Waals surface area contributed by atoms with Gasteiger partial charge in [0.25, 0.3) is 0 Å². The zero-order chi connectivity index (χ0) is 20.4. The van der Waals surface area contributed by atoms with E-state index in [1.165, 1.54) is 10.7 Å². The molecule has 2 aromatic heterocycles. The van der Waals surface area contributed by atoms with Crippen molar-refractivity contribution in [3.63, 3.8) is 0 Å². The summed E-state index contributed by atoms with van der Waals surface area (Å²) in [4.78, 5) is 17.9. The van der Waals surface area contributed by atoms with E-state index in [-0.39, 0.29) is 16.4 Å². The third kappa shape index (κ3) is 3.97. The summed E-state index contributed by atoms with van der Waals surface area (Å²) in [7, 11) is 0. The molecule has 29 heavy (non-hydrogen) atoms. The first kappa shape index (κ1) is 19.4. The normalized spacial score (nSPS) is 11.0. The lowest BCUT2D eigenvalue weighted by molar-refractivity contribution is 0.0698. The molecule has 1 N–H and O–H groups in total. The monoisotopic (exact) mass is 470 g/mol. The van der Waals surface area contributed by atoms with Crippen molar-refractivity contribution in [1.29, 1.82) is 0 Å². The SMILES string of the molecule is O=C(O)c1cnn2c(N(Cc3ccccc3)Cc3ccccc3)c(Br)c(Cl)nc12. The van der Waals surface area contributed by atoms with Gasteiger partial charge in [-0.25, -0.2) is 9.78 Å². The predicted octanol–water partition coefficient (Wildman–Crippen LogP) is 5.05. The maximum atomic E-state index is 11.6. The Morgan fingerprint density at radius 2 is 1.59 bits per heavy atom.